The number of nitrogens with zero attached hydrogens (tertiary/aromatic N) is 1. The standard InChI is InChI=1S/C14H8ClNO2S/c15-11-3-1-2-10(7-11)13-16-12(14(17)18-13)6-9-4-5-19-8-9/h1-8H/b12-6-. The van der Waals surface area contributed by atoms with Crippen molar-refractivity contribution in [3.05, 3.63) is 62.9 Å². The highest BCUT2D eigenvalue weighted by atomic mass is 35.5. The maximum absolute atomic E-state index is 11.7. The van der Waals surface area contributed by atoms with Crippen LogP contribution in [0.5, 0.6) is 0 Å². The summed E-state index contributed by atoms with van der Waals surface area (Å²) in [6.07, 6.45) is 1.70. The average Bonchev–Trinajstić information content (AvgIpc) is 3.01. The number of hydrogen-bond acceptors (Lipinski definition) is 4. The highest BCUT2D eigenvalue weighted by molar-refractivity contribution is 7.08. The normalized spacial score (nSPS) is 16.6. The van der Waals surface area contributed by atoms with Gasteiger partial charge < -0.3 is 4.74 Å². The van der Waals surface area contributed by atoms with Gasteiger partial charge in [-0.2, -0.15) is 11.3 Å². The van der Waals surface area contributed by atoms with Gasteiger partial charge >= 0.3 is 5.97 Å². The van der Waals surface area contributed by atoms with Gasteiger partial charge in [0.05, 0.1) is 0 Å². The van der Waals surface area contributed by atoms with Crippen molar-refractivity contribution in [1.29, 1.82) is 0 Å². The molecule has 0 fully saturated rings. The zero-order valence-corrected chi connectivity index (χ0v) is 11.2. The Hall–Kier alpha value is -1.91. The van der Waals surface area contributed by atoms with Crippen LogP contribution in [-0.2, 0) is 9.53 Å². The predicted octanol–water partition coefficient (Wildman–Crippen LogP) is 3.75. The second-order valence-corrected chi connectivity index (χ2v) is 5.12. The van der Waals surface area contributed by atoms with E-state index in [0.717, 1.165) is 5.56 Å². The van der Waals surface area contributed by atoms with E-state index in [1.807, 2.05) is 16.8 Å². The fraction of sp³-hybridized carbons (Fsp3) is 0. The summed E-state index contributed by atoms with van der Waals surface area (Å²) in [5.74, 6) is -0.157. The van der Waals surface area contributed by atoms with Crippen LogP contribution in [0.4, 0.5) is 0 Å². The Morgan fingerprint density at radius 3 is 2.95 bits per heavy atom. The first-order valence-corrected chi connectivity index (χ1v) is 6.85. The molecule has 94 valence electrons. The molecule has 1 aliphatic heterocycles. The van der Waals surface area contributed by atoms with E-state index in [1.165, 1.54) is 0 Å². The van der Waals surface area contributed by atoms with Gasteiger partial charge in [0, 0.05) is 10.6 Å². The first-order valence-electron chi connectivity index (χ1n) is 5.53. The SMILES string of the molecule is O=C1OC(c2cccc(Cl)c2)=N/C1=C\c1ccsc1. The third kappa shape index (κ3) is 2.59. The van der Waals surface area contributed by atoms with Crippen LogP contribution < -0.4 is 0 Å². The number of benzene rings is 1. The summed E-state index contributed by atoms with van der Waals surface area (Å²) in [7, 11) is 0. The number of hydrogen-bond donors (Lipinski definition) is 0. The van der Waals surface area contributed by atoms with Crippen LogP contribution >= 0.6 is 22.9 Å². The molecule has 0 unspecified atom stereocenters. The molecule has 0 bridgehead atoms. The Morgan fingerprint density at radius 2 is 2.21 bits per heavy atom. The lowest BCUT2D eigenvalue weighted by Crippen LogP contribution is -2.05. The van der Waals surface area contributed by atoms with Crippen LogP contribution in [0.25, 0.3) is 6.08 Å². The predicted molar refractivity (Wildman–Crippen MR) is 76.4 cm³/mol. The van der Waals surface area contributed by atoms with E-state index in [-0.39, 0.29) is 5.90 Å². The first-order chi connectivity index (χ1) is 9.22. The summed E-state index contributed by atoms with van der Waals surface area (Å²) in [6, 6.07) is 8.96. The molecule has 0 radical (unpaired) electrons. The second kappa shape index (κ2) is 4.99. The smallest absolute Gasteiger partial charge is 0.363 e. The fourth-order valence-electron chi connectivity index (χ4n) is 1.67. The number of carbonyl (C=O) groups is 1. The van der Waals surface area contributed by atoms with Gasteiger partial charge in [-0.25, -0.2) is 9.79 Å². The van der Waals surface area contributed by atoms with Crippen LogP contribution in [0, 0.1) is 0 Å². The third-order valence-corrected chi connectivity index (χ3v) is 3.48. The minimum absolute atomic E-state index is 0.286. The van der Waals surface area contributed by atoms with E-state index in [1.54, 1.807) is 41.7 Å². The van der Waals surface area contributed by atoms with E-state index in [2.05, 4.69) is 4.99 Å². The number of rotatable bonds is 2. The lowest BCUT2D eigenvalue weighted by atomic mass is 10.2. The number of aliphatic imine (C=N–C) groups is 1. The molecule has 0 spiro atoms. The van der Waals surface area contributed by atoms with Gasteiger partial charge in [0.15, 0.2) is 5.70 Å². The van der Waals surface area contributed by atoms with Crippen molar-refractivity contribution < 1.29 is 9.53 Å². The monoisotopic (exact) mass is 289 g/mol. The first kappa shape index (κ1) is 12.1. The lowest BCUT2D eigenvalue weighted by Gasteiger charge is -1.98. The molecule has 19 heavy (non-hydrogen) atoms. The minimum atomic E-state index is -0.443. The highest BCUT2D eigenvalue weighted by Crippen LogP contribution is 2.21. The van der Waals surface area contributed by atoms with Crippen molar-refractivity contribution >= 4 is 40.9 Å². The summed E-state index contributed by atoms with van der Waals surface area (Å²) in [5, 5.41) is 4.45. The zero-order valence-electron chi connectivity index (χ0n) is 9.67. The summed E-state index contributed by atoms with van der Waals surface area (Å²) >= 11 is 7.46. The molecule has 1 aromatic heterocycles. The summed E-state index contributed by atoms with van der Waals surface area (Å²) < 4.78 is 5.15. The van der Waals surface area contributed by atoms with Crippen LogP contribution in [0.3, 0.4) is 0 Å². The molecular weight excluding hydrogens is 282 g/mol. The van der Waals surface area contributed by atoms with Crippen LogP contribution in [0.15, 0.2) is 51.8 Å². The van der Waals surface area contributed by atoms with Gasteiger partial charge in [-0.1, -0.05) is 17.7 Å². The van der Waals surface area contributed by atoms with E-state index in [9.17, 15) is 4.79 Å². The molecule has 0 N–H and O–H groups in total. The van der Waals surface area contributed by atoms with Crippen molar-refractivity contribution in [3.8, 4) is 0 Å². The van der Waals surface area contributed by atoms with Gasteiger partial charge in [0.25, 0.3) is 0 Å². The quantitative estimate of drug-likeness (QED) is 0.624. The number of ether oxygens (including phenoxy) is 1. The van der Waals surface area contributed by atoms with Crippen molar-refractivity contribution in [1.82, 2.24) is 0 Å². The molecule has 2 heterocycles. The summed E-state index contributed by atoms with van der Waals surface area (Å²) in [5.41, 5.74) is 1.93. The Balaban J connectivity index is 1.95. The maximum atomic E-state index is 11.7. The van der Waals surface area contributed by atoms with Crippen LogP contribution in [-0.4, -0.2) is 11.9 Å². The number of carbonyl (C=O) groups excluding carboxylic acids is 1. The lowest BCUT2D eigenvalue weighted by molar-refractivity contribution is -0.129. The molecule has 0 aliphatic carbocycles. The van der Waals surface area contributed by atoms with Crippen molar-refractivity contribution in [2.24, 2.45) is 4.99 Å². The number of esters is 1. The van der Waals surface area contributed by atoms with E-state index in [4.69, 9.17) is 16.3 Å². The molecular formula is C14H8ClNO2S. The number of halogens is 1. The Kier molecular flexibility index (Phi) is 3.19. The van der Waals surface area contributed by atoms with Crippen molar-refractivity contribution in [2.75, 3.05) is 0 Å². The zero-order chi connectivity index (χ0) is 13.2. The van der Waals surface area contributed by atoms with Crippen molar-refractivity contribution in [2.45, 2.75) is 0 Å². The molecule has 0 saturated carbocycles. The molecule has 0 amide bonds. The van der Waals surface area contributed by atoms with E-state index < -0.39 is 5.97 Å². The molecule has 1 aromatic carbocycles. The molecule has 1 aliphatic rings. The molecule has 3 nitrogen and oxygen atoms in total. The minimum Gasteiger partial charge on any atom is -0.402 e. The van der Waals surface area contributed by atoms with Crippen LogP contribution in [0.1, 0.15) is 11.1 Å². The molecule has 5 heteroatoms. The maximum Gasteiger partial charge on any atom is 0.363 e. The van der Waals surface area contributed by atoms with Gasteiger partial charge in [-0.05, 0) is 46.7 Å². The van der Waals surface area contributed by atoms with Gasteiger partial charge in [0.2, 0.25) is 5.90 Å². The average molecular weight is 290 g/mol. The summed E-state index contributed by atoms with van der Waals surface area (Å²) in [4.78, 5) is 15.9. The largest absolute Gasteiger partial charge is 0.402 e. The van der Waals surface area contributed by atoms with Gasteiger partial charge in [0.1, 0.15) is 0 Å². The third-order valence-electron chi connectivity index (χ3n) is 2.54. The fourth-order valence-corrected chi connectivity index (χ4v) is 2.48. The molecule has 3 rings (SSSR count). The Bertz CT molecular complexity index is 689. The Morgan fingerprint density at radius 1 is 1.32 bits per heavy atom. The summed E-state index contributed by atoms with van der Waals surface area (Å²) in [6.45, 7) is 0. The molecule has 2 aromatic rings. The molecule has 0 saturated heterocycles. The topological polar surface area (TPSA) is 38.7 Å². The number of thiophene rings is 1. The second-order valence-electron chi connectivity index (χ2n) is 3.90. The van der Waals surface area contributed by atoms with E-state index >= 15 is 0 Å². The van der Waals surface area contributed by atoms with Gasteiger partial charge in [-0.3, -0.25) is 0 Å². The molecule has 0 atom stereocenters. The van der Waals surface area contributed by atoms with Crippen molar-refractivity contribution in [3.63, 3.8) is 0 Å². The number of cyclic esters (lactones) is 1. The van der Waals surface area contributed by atoms with Gasteiger partial charge in [-0.15, -0.1) is 0 Å². The highest BCUT2D eigenvalue weighted by Gasteiger charge is 2.24. The Labute approximate surface area is 118 Å². The van der Waals surface area contributed by atoms with Crippen LogP contribution in [0.2, 0.25) is 5.02 Å². The van der Waals surface area contributed by atoms with E-state index in [0.29, 0.717) is 16.3 Å².